The molecule has 0 amide bonds. The number of aliphatic hydroxyl groups is 1. The molecule has 0 atom stereocenters. The van der Waals surface area contributed by atoms with Crippen LogP contribution in [0.15, 0.2) is 72.9 Å². The normalized spacial score (nSPS) is 18.3. The van der Waals surface area contributed by atoms with Crippen molar-refractivity contribution in [2.75, 3.05) is 10.6 Å². The molecule has 1 aliphatic rings. The lowest BCUT2D eigenvalue weighted by molar-refractivity contribution is 0.126. The molecule has 0 radical (unpaired) electrons. The fraction of sp³-hybridized carbons (Fsp3) is 0.222. The Kier molecular flexibility index (Phi) is 5.57. The molecular weight excluding hydrogens is 442 g/mol. The lowest BCUT2D eigenvalue weighted by Gasteiger charge is -2.26. The number of fused-ring (bicyclic) bond motifs is 2. The van der Waals surface area contributed by atoms with E-state index in [9.17, 15) is 5.11 Å². The van der Waals surface area contributed by atoms with Crippen molar-refractivity contribution < 1.29 is 5.11 Å². The third-order valence-corrected chi connectivity index (χ3v) is 7.28. The average Bonchev–Trinajstić information content (AvgIpc) is 3.27. The first-order valence-corrected chi connectivity index (χ1v) is 12.5. The summed E-state index contributed by atoms with van der Waals surface area (Å²) in [6.45, 7) is 0. The monoisotopic (exact) mass is 467 g/mol. The van der Waals surface area contributed by atoms with Gasteiger partial charge in [-0.1, -0.05) is 41.7 Å². The van der Waals surface area contributed by atoms with E-state index in [2.05, 4.69) is 45.9 Å². The molecule has 0 aliphatic heterocycles. The number of pyridine rings is 2. The van der Waals surface area contributed by atoms with Gasteiger partial charge in [0.15, 0.2) is 5.13 Å². The van der Waals surface area contributed by atoms with Crippen molar-refractivity contribution in [3.63, 3.8) is 0 Å². The molecule has 2 aromatic carbocycles. The molecule has 0 saturated heterocycles. The van der Waals surface area contributed by atoms with E-state index in [0.29, 0.717) is 6.04 Å². The SMILES string of the molecule is OC1CCC(Nc2cccc(Nc3nc4ccc(-c5cnc6ccccc6c5)cc4s3)n2)CC1. The topological polar surface area (TPSA) is 83.0 Å². The Hall–Kier alpha value is -3.55. The van der Waals surface area contributed by atoms with Crippen LogP contribution in [0.25, 0.3) is 32.2 Å². The Bertz CT molecular complexity index is 1460. The minimum absolute atomic E-state index is 0.156. The molecule has 6 rings (SSSR count). The lowest BCUT2D eigenvalue weighted by Crippen LogP contribution is -2.28. The van der Waals surface area contributed by atoms with Crippen LogP contribution in [-0.2, 0) is 0 Å². The van der Waals surface area contributed by atoms with Crippen molar-refractivity contribution in [1.29, 1.82) is 0 Å². The number of nitrogens with zero attached hydrogens (tertiary/aromatic N) is 3. The van der Waals surface area contributed by atoms with Crippen LogP contribution in [0.5, 0.6) is 0 Å². The number of anilines is 3. The predicted molar refractivity (Wildman–Crippen MR) is 140 cm³/mol. The van der Waals surface area contributed by atoms with Crippen molar-refractivity contribution in [3.05, 3.63) is 72.9 Å². The summed E-state index contributed by atoms with van der Waals surface area (Å²) in [4.78, 5) is 14.1. The molecule has 0 unspecified atom stereocenters. The minimum Gasteiger partial charge on any atom is -0.393 e. The van der Waals surface area contributed by atoms with Crippen molar-refractivity contribution in [3.8, 4) is 11.1 Å². The average molecular weight is 468 g/mol. The first kappa shape index (κ1) is 21.0. The van der Waals surface area contributed by atoms with Gasteiger partial charge in [-0.25, -0.2) is 9.97 Å². The molecule has 1 fully saturated rings. The van der Waals surface area contributed by atoms with E-state index in [-0.39, 0.29) is 6.10 Å². The summed E-state index contributed by atoms with van der Waals surface area (Å²) >= 11 is 1.62. The van der Waals surface area contributed by atoms with Gasteiger partial charge in [0, 0.05) is 23.2 Å². The van der Waals surface area contributed by atoms with Gasteiger partial charge in [0.2, 0.25) is 0 Å². The van der Waals surface area contributed by atoms with Crippen molar-refractivity contribution in [2.24, 2.45) is 0 Å². The van der Waals surface area contributed by atoms with E-state index in [0.717, 1.165) is 74.7 Å². The Morgan fingerprint density at radius 3 is 2.56 bits per heavy atom. The minimum atomic E-state index is -0.156. The van der Waals surface area contributed by atoms with E-state index in [4.69, 9.17) is 9.97 Å². The summed E-state index contributed by atoms with van der Waals surface area (Å²) in [7, 11) is 0. The fourth-order valence-corrected chi connectivity index (χ4v) is 5.42. The quantitative estimate of drug-likeness (QED) is 0.279. The maximum Gasteiger partial charge on any atom is 0.189 e. The fourth-order valence-electron chi connectivity index (χ4n) is 4.51. The van der Waals surface area contributed by atoms with Crippen LogP contribution in [0.2, 0.25) is 0 Å². The van der Waals surface area contributed by atoms with E-state index < -0.39 is 0 Å². The molecule has 1 saturated carbocycles. The van der Waals surface area contributed by atoms with Crippen molar-refractivity contribution in [1.82, 2.24) is 15.0 Å². The molecule has 3 N–H and O–H groups in total. The summed E-state index contributed by atoms with van der Waals surface area (Å²) < 4.78 is 1.11. The standard InChI is InChI=1S/C27H25N5OS/c33-21-11-9-20(10-12-21)29-25-6-3-7-26(31-25)32-27-30-23-13-8-17(15-24(23)34-27)19-14-18-4-1-2-5-22(18)28-16-19/h1-8,13-16,20-21,33H,9-12H2,(H2,29,30,31,32). The number of thiazole rings is 1. The number of benzene rings is 2. The van der Waals surface area contributed by atoms with Gasteiger partial charge in [-0.2, -0.15) is 0 Å². The zero-order valence-corrected chi connectivity index (χ0v) is 19.4. The van der Waals surface area contributed by atoms with Crippen LogP contribution >= 0.6 is 11.3 Å². The van der Waals surface area contributed by atoms with Crippen LogP contribution < -0.4 is 10.6 Å². The number of aromatic nitrogens is 3. The van der Waals surface area contributed by atoms with Crippen LogP contribution in [-0.4, -0.2) is 32.2 Å². The highest BCUT2D eigenvalue weighted by atomic mass is 32.1. The highest BCUT2D eigenvalue weighted by molar-refractivity contribution is 7.22. The van der Waals surface area contributed by atoms with Gasteiger partial charge in [-0.3, -0.25) is 4.98 Å². The van der Waals surface area contributed by atoms with Gasteiger partial charge < -0.3 is 15.7 Å². The summed E-state index contributed by atoms with van der Waals surface area (Å²) in [5, 5.41) is 18.5. The van der Waals surface area contributed by atoms with Crippen LogP contribution in [0.3, 0.4) is 0 Å². The Labute approximate surface area is 201 Å². The molecule has 0 spiro atoms. The molecule has 6 nitrogen and oxygen atoms in total. The second-order valence-corrected chi connectivity index (χ2v) is 9.83. The summed E-state index contributed by atoms with van der Waals surface area (Å²) in [5.41, 5.74) is 4.18. The molecule has 3 aromatic heterocycles. The van der Waals surface area contributed by atoms with E-state index in [1.54, 1.807) is 11.3 Å². The third kappa shape index (κ3) is 4.44. The van der Waals surface area contributed by atoms with E-state index in [1.807, 2.05) is 42.6 Å². The molecule has 34 heavy (non-hydrogen) atoms. The maximum atomic E-state index is 9.72. The zero-order valence-electron chi connectivity index (χ0n) is 18.6. The third-order valence-electron chi connectivity index (χ3n) is 6.35. The van der Waals surface area contributed by atoms with Gasteiger partial charge >= 0.3 is 0 Å². The first-order valence-electron chi connectivity index (χ1n) is 11.6. The number of para-hydroxylation sites is 1. The number of hydrogen-bond donors (Lipinski definition) is 3. The second-order valence-electron chi connectivity index (χ2n) is 8.80. The molecule has 3 heterocycles. The van der Waals surface area contributed by atoms with Gasteiger partial charge in [0.05, 0.1) is 21.8 Å². The summed E-state index contributed by atoms with van der Waals surface area (Å²) in [6, 6.07) is 23.0. The largest absolute Gasteiger partial charge is 0.393 e. The number of nitrogens with one attached hydrogen (secondary N) is 2. The zero-order chi connectivity index (χ0) is 22.9. The molecular formula is C27H25N5OS. The van der Waals surface area contributed by atoms with Crippen molar-refractivity contribution >= 4 is 49.2 Å². The highest BCUT2D eigenvalue weighted by Crippen LogP contribution is 2.32. The first-order chi connectivity index (χ1) is 16.7. The lowest BCUT2D eigenvalue weighted by atomic mass is 9.93. The Balaban J connectivity index is 1.21. The smallest absolute Gasteiger partial charge is 0.189 e. The van der Waals surface area contributed by atoms with Gasteiger partial charge in [-0.05, 0) is 67.6 Å². The molecule has 5 aromatic rings. The second kappa shape index (κ2) is 9.00. The maximum absolute atomic E-state index is 9.72. The number of hydrogen-bond acceptors (Lipinski definition) is 7. The van der Waals surface area contributed by atoms with Gasteiger partial charge in [0.1, 0.15) is 11.6 Å². The van der Waals surface area contributed by atoms with Gasteiger partial charge in [-0.15, -0.1) is 0 Å². The predicted octanol–water partition coefficient (Wildman–Crippen LogP) is 6.37. The highest BCUT2D eigenvalue weighted by Gasteiger charge is 2.19. The molecule has 170 valence electrons. The molecule has 1 aliphatic carbocycles. The van der Waals surface area contributed by atoms with Crippen LogP contribution in [0.1, 0.15) is 25.7 Å². The van der Waals surface area contributed by atoms with Gasteiger partial charge in [0.25, 0.3) is 0 Å². The number of aliphatic hydroxyl groups excluding tert-OH is 1. The van der Waals surface area contributed by atoms with E-state index in [1.165, 1.54) is 0 Å². The summed E-state index contributed by atoms with van der Waals surface area (Å²) in [5.74, 6) is 1.61. The molecule has 7 heteroatoms. The van der Waals surface area contributed by atoms with Crippen molar-refractivity contribution in [2.45, 2.75) is 37.8 Å². The van der Waals surface area contributed by atoms with E-state index >= 15 is 0 Å². The number of rotatable bonds is 5. The van der Waals surface area contributed by atoms with Crippen LogP contribution in [0.4, 0.5) is 16.8 Å². The van der Waals surface area contributed by atoms with Crippen LogP contribution in [0, 0.1) is 0 Å². The summed E-state index contributed by atoms with van der Waals surface area (Å²) in [6.07, 6.45) is 5.40. The Morgan fingerprint density at radius 1 is 0.794 bits per heavy atom. The Morgan fingerprint density at radius 2 is 1.65 bits per heavy atom. The molecule has 0 bridgehead atoms.